The van der Waals surface area contributed by atoms with Gasteiger partial charge in [-0.2, -0.15) is 0 Å². The molecule has 68 heavy (non-hydrogen) atoms. The standard InChI is InChI=1S/C63H121NO4/c1-3-5-7-9-11-13-15-17-19-21-23-25-27-28-29-30-31-32-33-34-35-36-38-40-42-44-46-48-50-52-54-56-58-62(67)63(68)64-60(59-65)61(66)57-55-53-51-49-47-45-43-41-39-37-26-24-22-20-18-16-14-12-10-8-6-4-2/h28-29,47,49,55,57,60-62,65-67H,3-27,30-46,48,50-54,56,58-59H2,1-2H3,(H,64,68)/b29-28-,49-47+,57-55+. The van der Waals surface area contributed by atoms with Gasteiger partial charge in [0.05, 0.1) is 18.8 Å². The maximum atomic E-state index is 12.6. The van der Waals surface area contributed by atoms with Crippen molar-refractivity contribution in [3.8, 4) is 0 Å². The molecule has 0 aliphatic rings. The van der Waals surface area contributed by atoms with Crippen LogP contribution in [-0.4, -0.2) is 46.1 Å². The highest BCUT2D eigenvalue weighted by Gasteiger charge is 2.22. The topological polar surface area (TPSA) is 89.8 Å². The molecule has 0 aliphatic carbocycles. The Morgan fingerprint density at radius 3 is 0.897 bits per heavy atom. The second kappa shape index (κ2) is 58.1. The molecule has 3 atom stereocenters. The smallest absolute Gasteiger partial charge is 0.249 e. The molecule has 0 aliphatic heterocycles. The number of hydrogen-bond donors (Lipinski definition) is 4. The van der Waals surface area contributed by atoms with Crippen molar-refractivity contribution in [3.63, 3.8) is 0 Å². The Balaban J connectivity index is 3.54. The average Bonchev–Trinajstić information content (AvgIpc) is 3.34. The lowest BCUT2D eigenvalue weighted by Gasteiger charge is -2.21. The molecule has 3 unspecified atom stereocenters. The zero-order chi connectivity index (χ0) is 49.3. The van der Waals surface area contributed by atoms with Gasteiger partial charge in [-0.05, 0) is 57.8 Å². The molecule has 0 heterocycles. The van der Waals surface area contributed by atoms with Crippen LogP contribution >= 0.6 is 0 Å². The van der Waals surface area contributed by atoms with Crippen molar-refractivity contribution in [2.75, 3.05) is 6.61 Å². The van der Waals surface area contributed by atoms with E-state index in [0.29, 0.717) is 6.42 Å². The van der Waals surface area contributed by atoms with Gasteiger partial charge >= 0.3 is 0 Å². The highest BCUT2D eigenvalue weighted by Crippen LogP contribution is 2.18. The molecule has 0 aromatic rings. The van der Waals surface area contributed by atoms with E-state index in [1.807, 2.05) is 6.08 Å². The number of carbonyl (C=O) groups is 1. The predicted octanol–water partition coefficient (Wildman–Crippen LogP) is 19.4. The quantitative estimate of drug-likeness (QED) is 0.0361. The van der Waals surface area contributed by atoms with Gasteiger partial charge in [0, 0.05) is 0 Å². The van der Waals surface area contributed by atoms with Gasteiger partial charge in [0.25, 0.3) is 0 Å². The Morgan fingerprint density at radius 1 is 0.353 bits per heavy atom. The van der Waals surface area contributed by atoms with E-state index in [1.165, 1.54) is 276 Å². The summed E-state index contributed by atoms with van der Waals surface area (Å²) in [6.45, 7) is 4.21. The number of nitrogens with one attached hydrogen (secondary N) is 1. The van der Waals surface area contributed by atoms with Crippen molar-refractivity contribution in [3.05, 3.63) is 36.5 Å². The molecule has 0 saturated heterocycles. The van der Waals surface area contributed by atoms with Gasteiger partial charge in [-0.25, -0.2) is 0 Å². The summed E-state index contributed by atoms with van der Waals surface area (Å²) in [5.41, 5.74) is 0. The molecule has 0 spiro atoms. The third-order valence-corrected chi connectivity index (χ3v) is 14.5. The summed E-state index contributed by atoms with van der Waals surface area (Å²) in [5.74, 6) is -0.507. The Bertz CT molecular complexity index is 1060. The van der Waals surface area contributed by atoms with Crippen LogP contribution in [0.15, 0.2) is 36.5 Å². The Kier molecular flexibility index (Phi) is 56.9. The maximum Gasteiger partial charge on any atom is 0.249 e. The second-order valence-corrected chi connectivity index (χ2v) is 21.3. The van der Waals surface area contributed by atoms with E-state index in [1.54, 1.807) is 6.08 Å². The fraction of sp³-hybridized carbons (Fsp3) is 0.889. The fourth-order valence-corrected chi connectivity index (χ4v) is 9.67. The molecule has 0 radical (unpaired) electrons. The molecule has 5 heteroatoms. The summed E-state index contributed by atoms with van der Waals surface area (Å²) in [5, 5.41) is 33.4. The van der Waals surface area contributed by atoms with Gasteiger partial charge in [0.2, 0.25) is 5.91 Å². The highest BCUT2D eigenvalue weighted by molar-refractivity contribution is 5.80. The summed E-state index contributed by atoms with van der Waals surface area (Å²) in [6, 6.07) is -0.815. The Labute approximate surface area is 425 Å². The minimum Gasteiger partial charge on any atom is -0.394 e. The molecule has 5 nitrogen and oxygen atoms in total. The number of hydrogen-bond acceptors (Lipinski definition) is 4. The van der Waals surface area contributed by atoms with Crippen molar-refractivity contribution in [1.29, 1.82) is 0 Å². The van der Waals surface area contributed by atoms with E-state index in [9.17, 15) is 20.1 Å². The summed E-state index contributed by atoms with van der Waals surface area (Å²) >= 11 is 0. The van der Waals surface area contributed by atoms with Crippen LogP contribution in [0.2, 0.25) is 0 Å². The van der Waals surface area contributed by atoms with E-state index in [0.717, 1.165) is 38.5 Å². The van der Waals surface area contributed by atoms with Gasteiger partial charge in [0.1, 0.15) is 6.10 Å². The van der Waals surface area contributed by atoms with Crippen molar-refractivity contribution >= 4 is 5.91 Å². The SMILES string of the molecule is CCCCCCCCCCCCCC/C=C\CCCCCCCCCCCCCCCCCCC(O)C(=O)NC(CO)C(O)/C=C/CC/C=C/CCCCCCCCCCCCCCCCCC. The Morgan fingerprint density at radius 2 is 0.603 bits per heavy atom. The summed E-state index contributed by atoms with van der Waals surface area (Å²) in [7, 11) is 0. The number of rotatable bonds is 57. The van der Waals surface area contributed by atoms with Crippen molar-refractivity contribution in [2.24, 2.45) is 0 Å². The minimum absolute atomic E-state index is 0.374. The number of aliphatic hydroxyl groups is 3. The summed E-state index contributed by atoms with van der Waals surface area (Å²) in [6.07, 6.45) is 76.8. The van der Waals surface area contributed by atoms with Crippen LogP contribution < -0.4 is 5.32 Å². The number of allylic oxidation sites excluding steroid dienone is 5. The van der Waals surface area contributed by atoms with Crippen molar-refractivity contribution < 1.29 is 20.1 Å². The van der Waals surface area contributed by atoms with Crippen molar-refractivity contribution in [1.82, 2.24) is 5.32 Å². The maximum absolute atomic E-state index is 12.6. The van der Waals surface area contributed by atoms with Crippen LogP contribution in [0, 0.1) is 0 Å². The van der Waals surface area contributed by atoms with Crippen LogP contribution in [0.1, 0.15) is 335 Å². The van der Waals surface area contributed by atoms with Gasteiger partial charge in [0.15, 0.2) is 0 Å². The monoisotopic (exact) mass is 956 g/mol. The van der Waals surface area contributed by atoms with E-state index >= 15 is 0 Å². The lowest BCUT2D eigenvalue weighted by atomic mass is 10.0. The summed E-state index contributed by atoms with van der Waals surface area (Å²) < 4.78 is 0. The first-order valence-corrected chi connectivity index (χ1v) is 30.8. The van der Waals surface area contributed by atoms with Crippen LogP contribution in [0.25, 0.3) is 0 Å². The molecule has 1 amide bonds. The number of carbonyl (C=O) groups excluding carboxylic acids is 1. The molecular formula is C63H121NO4. The first kappa shape index (κ1) is 66.6. The van der Waals surface area contributed by atoms with Crippen molar-refractivity contribution in [2.45, 2.75) is 353 Å². The zero-order valence-electron chi connectivity index (χ0n) is 46.0. The normalized spacial score (nSPS) is 13.4. The lowest BCUT2D eigenvalue weighted by molar-refractivity contribution is -0.131. The molecule has 0 rings (SSSR count). The molecule has 402 valence electrons. The van der Waals surface area contributed by atoms with Crippen LogP contribution in [0.3, 0.4) is 0 Å². The molecule has 0 bridgehead atoms. The van der Waals surface area contributed by atoms with Gasteiger partial charge in [-0.1, -0.05) is 314 Å². The van der Waals surface area contributed by atoms with Crippen LogP contribution in [-0.2, 0) is 4.79 Å². The van der Waals surface area contributed by atoms with Gasteiger partial charge < -0.3 is 20.6 Å². The third-order valence-electron chi connectivity index (χ3n) is 14.5. The van der Waals surface area contributed by atoms with Gasteiger partial charge in [-0.3, -0.25) is 4.79 Å². The first-order chi connectivity index (χ1) is 33.6. The molecule has 0 saturated carbocycles. The van der Waals surface area contributed by atoms with E-state index in [-0.39, 0.29) is 6.61 Å². The molecular weight excluding hydrogens is 835 g/mol. The molecule has 0 fully saturated rings. The Hall–Kier alpha value is -1.43. The molecule has 0 aromatic carbocycles. The third kappa shape index (κ3) is 52.4. The largest absolute Gasteiger partial charge is 0.394 e. The fourth-order valence-electron chi connectivity index (χ4n) is 9.67. The predicted molar refractivity (Wildman–Crippen MR) is 301 cm³/mol. The minimum atomic E-state index is -1.11. The number of amides is 1. The number of aliphatic hydroxyl groups excluding tert-OH is 3. The zero-order valence-corrected chi connectivity index (χ0v) is 46.0. The molecule has 0 aromatic heterocycles. The van der Waals surface area contributed by atoms with Crippen LogP contribution in [0.5, 0.6) is 0 Å². The van der Waals surface area contributed by atoms with Gasteiger partial charge in [-0.15, -0.1) is 0 Å². The van der Waals surface area contributed by atoms with E-state index < -0.39 is 24.2 Å². The second-order valence-electron chi connectivity index (χ2n) is 21.3. The van der Waals surface area contributed by atoms with Crippen LogP contribution in [0.4, 0.5) is 0 Å². The van der Waals surface area contributed by atoms with E-state index in [2.05, 4.69) is 43.5 Å². The average molecular weight is 957 g/mol. The lowest BCUT2D eigenvalue weighted by Crippen LogP contribution is -2.48. The molecule has 4 N–H and O–H groups in total. The highest BCUT2D eigenvalue weighted by atomic mass is 16.3. The first-order valence-electron chi connectivity index (χ1n) is 30.8. The number of unbranched alkanes of at least 4 members (excludes halogenated alkanes) is 45. The van der Waals surface area contributed by atoms with E-state index in [4.69, 9.17) is 0 Å². The summed E-state index contributed by atoms with van der Waals surface area (Å²) in [4.78, 5) is 12.6.